The van der Waals surface area contributed by atoms with Crippen molar-refractivity contribution in [1.82, 2.24) is 4.98 Å². The molecule has 0 N–H and O–H groups in total. The molecule has 0 aliphatic heterocycles. The molecule has 0 saturated heterocycles. The van der Waals surface area contributed by atoms with Gasteiger partial charge in [-0.25, -0.2) is 0 Å². The second-order valence-corrected chi connectivity index (χ2v) is 3.22. The van der Waals surface area contributed by atoms with Gasteiger partial charge in [0.25, 0.3) is 0 Å². The quantitative estimate of drug-likeness (QED) is 0.673. The molecule has 0 fully saturated rings. The van der Waals surface area contributed by atoms with Crippen LogP contribution in [0.1, 0.15) is 30.5 Å². The van der Waals surface area contributed by atoms with E-state index in [0.29, 0.717) is 5.92 Å². The third kappa shape index (κ3) is 2.77. The summed E-state index contributed by atoms with van der Waals surface area (Å²) in [4.78, 5) is 4.27. The summed E-state index contributed by atoms with van der Waals surface area (Å²) in [7, 11) is 0. The third-order valence-corrected chi connectivity index (χ3v) is 2.24. The van der Waals surface area contributed by atoms with Crippen LogP contribution >= 0.6 is 11.3 Å². The summed E-state index contributed by atoms with van der Waals surface area (Å²) in [6.45, 7) is 6.26. The van der Waals surface area contributed by atoms with Crippen molar-refractivity contribution in [2.45, 2.75) is 26.7 Å². The van der Waals surface area contributed by atoms with Crippen LogP contribution in [-0.4, -0.2) is 4.98 Å². The van der Waals surface area contributed by atoms with Gasteiger partial charge in [0.1, 0.15) is 0 Å². The Bertz CT molecular complexity index is 195. The number of aryl methyl sites for hydroxylation is 1. The molecule has 1 rings (SSSR count). The van der Waals surface area contributed by atoms with E-state index in [1.165, 1.54) is 5.01 Å². The van der Waals surface area contributed by atoms with Crippen LogP contribution in [0, 0.1) is 12.3 Å². The van der Waals surface area contributed by atoms with E-state index in [4.69, 9.17) is 0 Å². The van der Waals surface area contributed by atoms with Crippen LogP contribution < -0.4 is 0 Å². The molecule has 0 saturated carbocycles. The van der Waals surface area contributed by atoms with Crippen molar-refractivity contribution < 1.29 is 32.7 Å². The van der Waals surface area contributed by atoms with E-state index in [-0.39, 0.29) is 32.7 Å². The summed E-state index contributed by atoms with van der Waals surface area (Å²) < 4.78 is 0. The Morgan fingerprint density at radius 3 is 2.30 bits per heavy atom. The summed E-state index contributed by atoms with van der Waals surface area (Å²) >= 11 is 1.62. The van der Waals surface area contributed by atoms with E-state index in [1.54, 1.807) is 11.3 Å². The molecule has 0 aliphatic carbocycles. The van der Waals surface area contributed by atoms with Crippen LogP contribution in [0.3, 0.4) is 0 Å². The average molecular weight is 229 g/mol. The number of nitrogens with zero attached hydrogens (tertiary/aromatic N) is 1. The summed E-state index contributed by atoms with van der Waals surface area (Å²) in [5.41, 5.74) is 1.02. The first kappa shape index (κ1) is 10.7. The molecule has 0 unspecified atom stereocenters. The molecule has 1 radical (unpaired) electrons. The van der Waals surface area contributed by atoms with Crippen LogP contribution in [0.5, 0.6) is 0 Å². The van der Waals surface area contributed by atoms with Crippen LogP contribution in [0.15, 0.2) is 0 Å². The van der Waals surface area contributed by atoms with Gasteiger partial charge in [-0.15, -0.1) is 0 Å². The molecule has 1 aromatic rings. The number of rotatable bonds is 1. The number of aromatic nitrogens is 1. The summed E-state index contributed by atoms with van der Waals surface area (Å²) in [6, 6.07) is 0. The molecule has 0 bridgehead atoms. The second kappa shape index (κ2) is 4.58. The number of thiazole rings is 1. The van der Waals surface area contributed by atoms with Crippen molar-refractivity contribution in [3.63, 3.8) is 0 Å². The Morgan fingerprint density at radius 2 is 2.10 bits per heavy atom. The third-order valence-electron chi connectivity index (χ3n) is 1.08. The van der Waals surface area contributed by atoms with Gasteiger partial charge in [0.05, 0.1) is 0 Å². The van der Waals surface area contributed by atoms with Gasteiger partial charge in [-0.05, 0) is 6.92 Å². The maximum absolute atomic E-state index is 4.27. The van der Waals surface area contributed by atoms with Crippen LogP contribution in [0.4, 0.5) is 0 Å². The van der Waals surface area contributed by atoms with E-state index < -0.39 is 0 Å². The van der Waals surface area contributed by atoms with E-state index in [0.717, 1.165) is 5.69 Å². The Morgan fingerprint density at radius 1 is 1.50 bits per heavy atom. The zero-order chi connectivity index (χ0) is 6.85. The molecule has 0 amide bonds. The molecule has 0 atom stereocenters. The average Bonchev–Trinajstić information content (AvgIpc) is 2.14. The number of hydrogen-bond donors (Lipinski definition) is 0. The van der Waals surface area contributed by atoms with Gasteiger partial charge in [-0.1, -0.05) is 30.5 Å². The first-order chi connectivity index (χ1) is 4.20. The summed E-state index contributed by atoms with van der Waals surface area (Å²) in [5.74, 6) is 0.556. The Hall–Kier alpha value is 0.734. The largest absolute Gasteiger partial charge is 0.361 e. The first-order valence-corrected chi connectivity index (χ1v) is 3.87. The van der Waals surface area contributed by atoms with Gasteiger partial charge >= 0.3 is 0 Å². The SMILES string of the molecule is Cc1[c-]sc(C(C)C)n1.[Y]. The molecule has 1 nitrogen and oxygen atoms in total. The minimum atomic E-state index is 0. The Labute approximate surface area is 91.1 Å². The molecule has 0 aromatic carbocycles. The zero-order valence-electron chi connectivity index (χ0n) is 6.51. The van der Waals surface area contributed by atoms with E-state index in [9.17, 15) is 0 Å². The van der Waals surface area contributed by atoms with Crippen molar-refractivity contribution in [2.75, 3.05) is 0 Å². The molecule has 3 heteroatoms. The van der Waals surface area contributed by atoms with E-state index in [2.05, 4.69) is 24.2 Å². The first-order valence-electron chi connectivity index (χ1n) is 3.05. The fourth-order valence-corrected chi connectivity index (χ4v) is 1.30. The van der Waals surface area contributed by atoms with Crippen molar-refractivity contribution in [3.05, 3.63) is 16.1 Å². The van der Waals surface area contributed by atoms with Crippen LogP contribution in [0.2, 0.25) is 0 Å². The predicted octanol–water partition coefficient (Wildman–Crippen LogP) is 2.37. The minimum absolute atomic E-state index is 0. The summed E-state index contributed by atoms with van der Waals surface area (Å²) in [6.07, 6.45) is 0. The summed E-state index contributed by atoms with van der Waals surface area (Å²) in [5, 5.41) is 4.27. The van der Waals surface area contributed by atoms with Crippen LogP contribution in [0.25, 0.3) is 0 Å². The molecule has 0 aliphatic rings. The predicted molar refractivity (Wildman–Crippen MR) is 39.8 cm³/mol. The van der Waals surface area contributed by atoms with E-state index in [1.807, 2.05) is 6.92 Å². The van der Waals surface area contributed by atoms with Gasteiger partial charge in [-0.3, -0.25) is 0 Å². The second-order valence-electron chi connectivity index (χ2n) is 2.39. The number of hydrogen-bond acceptors (Lipinski definition) is 2. The molecule has 0 spiro atoms. The van der Waals surface area contributed by atoms with Crippen molar-refractivity contribution in [3.8, 4) is 0 Å². The van der Waals surface area contributed by atoms with Gasteiger partial charge in [0, 0.05) is 32.7 Å². The van der Waals surface area contributed by atoms with Gasteiger partial charge in [0.15, 0.2) is 0 Å². The monoisotopic (exact) mass is 229 g/mol. The topological polar surface area (TPSA) is 12.9 Å². The molecular formula is C7H10NSY-. The van der Waals surface area contributed by atoms with Gasteiger partial charge in [-0.2, -0.15) is 5.38 Å². The fraction of sp³-hybridized carbons (Fsp3) is 0.571. The van der Waals surface area contributed by atoms with E-state index >= 15 is 0 Å². The Balaban J connectivity index is 0.000000810. The van der Waals surface area contributed by atoms with Crippen molar-refractivity contribution >= 4 is 11.3 Å². The van der Waals surface area contributed by atoms with Gasteiger partial charge in [0.2, 0.25) is 0 Å². The fourth-order valence-electron chi connectivity index (χ4n) is 0.584. The molecule has 53 valence electrons. The molecule has 1 aromatic heterocycles. The van der Waals surface area contributed by atoms with Crippen molar-refractivity contribution in [2.24, 2.45) is 0 Å². The maximum Gasteiger partial charge on any atom is 0 e. The van der Waals surface area contributed by atoms with Crippen LogP contribution in [-0.2, 0) is 32.7 Å². The van der Waals surface area contributed by atoms with Gasteiger partial charge < -0.3 is 16.3 Å². The normalized spacial score (nSPS) is 9.60. The zero-order valence-corrected chi connectivity index (χ0v) is 10.2. The Kier molecular flexibility index (Phi) is 4.92. The molecule has 10 heavy (non-hydrogen) atoms. The molecular weight excluding hydrogens is 219 g/mol. The molecule has 1 heterocycles. The van der Waals surface area contributed by atoms with Crippen molar-refractivity contribution in [1.29, 1.82) is 0 Å². The smallest absolute Gasteiger partial charge is 0 e. The minimum Gasteiger partial charge on any atom is -0.361 e. The maximum atomic E-state index is 4.27. The standard InChI is InChI=1S/C7H10NS.Y/c1-5(2)7-8-6(3)4-9-7;/h5H,1-3H3;/q-1;.